The number of nitrogens with zero attached hydrogens (tertiary/aromatic N) is 2. The number of nitro groups is 1. The van der Waals surface area contributed by atoms with E-state index >= 15 is 0 Å². The zero-order valence-corrected chi connectivity index (χ0v) is 15.2. The molecule has 8 nitrogen and oxygen atoms in total. The van der Waals surface area contributed by atoms with Gasteiger partial charge in [-0.3, -0.25) is 19.7 Å². The first-order valence-corrected chi connectivity index (χ1v) is 8.52. The lowest BCUT2D eigenvalue weighted by Crippen LogP contribution is -2.24. The molecule has 0 bridgehead atoms. The minimum absolute atomic E-state index is 0.0105. The van der Waals surface area contributed by atoms with Crippen LogP contribution in [-0.4, -0.2) is 30.4 Å². The second kappa shape index (κ2) is 7.63. The largest absolute Gasteiger partial charge is 0.494 e. The number of hydrogen-bond donors (Lipinski definition) is 1. The lowest BCUT2D eigenvalue weighted by Gasteiger charge is -2.19. The summed E-state index contributed by atoms with van der Waals surface area (Å²) in [6, 6.07) is 8.55. The molecule has 9 heteroatoms. The quantitative estimate of drug-likeness (QED) is 0.621. The number of carbonyl (C=O) groups is 2. The molecule has 0 saturated carbocycles. The zero-order valence-electron chi connectivity index (χ0n) is 14.4. The van der Waals surface area contributed by atoms with Gasteiger partial charge in [-0.1, -0.05) is 11.6 Å². The molecule has 0 aliphatic carbocycles. The van der Waals surface area contributed by atoms with E-state index in [1.54, 1.807) is 23.1 Å². The Labute approximate surface area is 159 Å². The van der Waals surface area contributed by atoms with Crippen LogP contribution in [0.25, 0.3) is 0 Å². The summed E-state index contributed by atoms with van der Waals surface area (Å²) >= 11 is 6.00. The van der Waals surface area contributed by atoms with E-state index in [9.17, 15) is 19.7 Å². The number of ether oxygens (including phenoxy) is 1. The molecule has 3 rings (SSSR count). The van der Waals surface area contributed by atoms with E-state index in [1.165, 1.54) is 19.2 Å². The number of methoxy groups -OCH3 is 1. The summed E-state index contributed by atoms with van der Waals surface area (Å²) in [6.07, 6.45) is 1.28. The van der Waals surface area contributed by atoms with E-state index in [0.29, 0.717) is 30.1 Å². The highest BCUT2D eigenvalue weighted by atomic mass is 35.5. The van der Waals surface area contributed by atoms with Gasteiger partial charge in [0, 0.05) is 36.9 Å². The van der Waals surface area contributed by atoms with Crippen molar-refractivity contribution in [1.82, 2.24) is 0 Å². The van der Waals surface area contributed by atoms with Crippen LogP contribution in [0.15, 0.2) is 36.4 Å². The fourth-order valence-electron chi connectivity index (χ4n) is 2.88. The summed E-state index contributed by atoms with van der Waals surface area (Å²) in [5, 5.41) is 13.6. The van der Waals surface area contributed by atoms with Crippen molar-refractivity contribution in [2.24, 2.45) is 0 Å². The summed E-state index contributed by atoms with van der Waals surface area (Å²) < 4.78 is 5.35. The van der Waals surface area contributed by atoms with E-state index in [2.05, 4.69) is 5.32 Å². The summed E-state index contributed by atoms with van der Waals surface area (Å²) in [7, 11) is 1.47. The molecule has 0 spiro atoms. The monoisotopic (exact) mass is 389 g/mol. The van der Waals surface area contributed by atoms with E-state index in [4.69, 9.17) is 16.3 Å². The van der Waals surface area contributed by atoms with Gasteiger partial charge in [-0.15, -0.1) is 0 Å². The summed E-state index contributed by atoms with van der Waals surface area (Å²) in [5.41, 5.74) is 0.801. The van der Waals surface area contributed by atoms with Gasteiger partial charge in [0.2, 0.25) is 5.91 Å². The molecule has 140 valence electrons. The third-order valence-corrected chi connectivity index (χ3v) is 4.54. The Morgan fingerprint density at radius 1 is 1.30 bits per heavy atom. The van der Waals surface area contributed by atoms with Crippen molar-refractivity contribution in [3.05, 3.63) is 57.1 Å². The number of rotatable bonds is 5. The van der Waals surface area contributed by atoms with Gasteiger partial charge in [0.25, 0.3) is 11.6 Å². The van der Waals surface area contributed by atoms with E-state index in [1.807, 2.05) is 0 Å². The maximum atomic E-state index is 12.5. The van der Waals surface area contributed by atoms with E-state index in [0.717, 1.165) is 12.5 Å². The summed E-state index contributed by atoms with van der Waals surface area (Å²) in [4.78, 5) is 36.4. The van der Waals surface area contributed by atoms with Crippen molar-refractivity contribution in [3.8, 4) is 5.75 Å². The van der Waals surface area contributed by atoms with Crippen LogP contribution >= 0.6 is 11.6 Å². The zero-order chi connectivity index (χ0) is 19.6. The molecule has 1 fully saturated rings. The molecule has 0 aromatic heterocycles. The first kappa shape index (κ1) is 18.7. The van der Waals surface area contributed by atoms with Crippen LogP contribution in [0.1, 0.15) is 23.2 Å². The van der Waals surface area contributed by atoms with Crippen molar-refractivity contribution in [3.63, 3.8) is 0 Å². The van der Waals surface area contributed by atoms with Gasteiger partial charge in [0.15, 0.2) is 0 Å². The molecule has 27 heavy (non-hydrogen) atoms. The second-order valence-corrected chi connectivity index (χ2v) is 6.32. The molecule has 1 aliphatic heterocycles. The SMILES string of the molecule is COc1cc(NC(=O)c2cc([N+](=O)[O-])ccc2Cl)ccc1N1CCCC1=O. The topological polar surface area (TPSA) is 102 Å². The maximum Gasteiger partial charge on any atom is 0.270 e. The van der Waals surface area contributed by atoms with Gasteiger partial charge in [0.05, 0.1) is 28.3 Å². The van der Waals surface area contributed by atoms with Crippen molar-refractivity contribution >= 4 is 40.5 Å². The van der Waals surface area contributed by atoms with Gasteiger partial charge < -0.3 is 15.0 Å². The van der Waals surface area contributed by atoms with Gasteiger partial charge in [-0.05, 0) is 24.6 Å². The molecular formula is C18H16ClN3O5. The van der Waals surface area contributed by atoms with Crippen molar-refractivity contribution in [1.29, 1.82) is 0 Å². The van der Waals surface area contributed by atoms with Crippen LogP contribution in [0, 0.1) is 10.1 Å². The predicted molar refractivity (Wildman–Crippen MR) is 101 cm³/mol. The van der Waals surface area contributed by atoms with Gasteiger partial charge in [-0.2, -0.15) is 0 Å². The number of nitrogens with one attached hydrogen (secondary N) is 1. The fourth-order valence-corrected chi connectivity index (χ4v) is 3.08. The molecule has 1 heterocycles. The van der Waals surface area contributed by atoms with E-state index in [-0.39, 0.29) is 22.2 Å². The highest BCUT2D eigenvalue weighted by Gasteiger charge is 2.25. The van der Waals surface area contributed by atoms with Crippen molar-refractivity contribution in [2.45, 2.75) is 12.8 Å². The summed E-state index contributed by atoms with van der Waals surface area (Å²) in [6.45, 7) is 0.615. The number of halogens is 1. The Bertz CT molecular complexity index is 931. The van der Waals surface area contributed by atoms with E-state index < -0.39 is 10.8 Å². The predicted octanol–water partition coefficient (Wildman–Crippen LogP) is 3.64. The number of non-ortho nitro benzene ring substituents is 1. The van der Waals surface area contributed by atoms with Crippen LogP contribution in [0.3, 0.4) is 0 Å². The van der Waals surface area contributed by atoms with Crippen molar-refractivity contribution < 1.29 is 19.2 Å². The first-order chi connectivity index (χ1) is 12.9. The Kier molecular flexibility index (Phi) is 5.27. The Hall–Kier alpha value is -3.13. The average molecular weight is 390 g/mol. The standard InChI is InChI=1S/C18H16ClN3O5/c1-27-16-9-11(4-7-15(16)21-8-2-3-17(21)23)20-18(24)13-10-12(22(25)26)5-6-14(13)19/h4-7,9-10H,2-3,8H2,1H3,(H,20,24). The molecule has 2 aromatic carbocycles. The normalized spacial score (nSPS) is 13.6. The second-order valence-electron chi connectivity index (χ2n) is 5.91. The average Bonchev–Trinajstić information content (AvgIpc) is 3.07. The molecule has 1 N–H and O–H groups in total. The van der Waals surface area contributed by atoms with Crippen LogP contribution in [-0.2, 0) is 4.79 Å². The highest BCUT2D eigenvalue weighted by Crippen LogP contribution is 2.34. The number of carbonyl (C=O) groups excluding carboxylic acids is 2. The molecule has 0 unspecified atom stereocenters. The molecule has 1 saturated heterocycles. The van der Waals surface area contributed by atoms with Gasteiger partial charge in [0.1, 0.15) is 5.75 Å². The molecular weight excluding hydrogens is 374 g/mol. The number of amides is 2. The number of nitro benzene ring substituents is 1. The number of benzene rings is 2. The first-order valence-electron chi connectivity index (χ1n) is 8.14. The molecule has 0 atom stereocenters. The van der Waals surface area contributed by atoms with Crippen molar-refractivity contribution in [2.75, 3.05) is 23.9 Å². The number of hydrogen-bond acceptors (Lipinski definition) is 5. The Morgan fingerprint density at radius 3 is 2.70 bits per heavy atom. The van der Waals surface area contributed by atoms with Crippen LogP contribution in [0.2, 0.25) is 5.02 Å². The highest BCUT2D eigenvalue weighted by molar-refractivity contribution is 6.34. The van der Waals surface area contributed by atoms with Gasteiger partial charge >= 0.3 is 0 Å². The molecule has 2 amide bonds. The Balaban J connectivity index is 1.85. The lowest BCUT2D eigenvalue weighted by atomic mass is 10.1. The third-order valence-electron chi connectivity index (χ3n) is 4.21. The fraction of sp³-hybridized carbons (Fsp3) is 0.222. The summed E-state index contributed by atoms with van der Waals surface area (Å²) in [5.74, 6) is -0.127. The van der Waals surface area contributed by atoms with Crippen LogP contribution in [0.4, 0.5) is 17.1 Å². The Morgan fingerprint density at radius 2 is 2.07 bits per heavy atom. The lowest BCUT2D eigenvalue weighted by molar-refractivity contribution is -0.384. The third kappa shape index (κ3) is 3.85. The molecule has 2 aromatic rings. The minimum Gasteiger partial charge on any atom is -0.494 e. The molecule has 0 radical (unpaired) electrons. The molecule has 1 aliphatic rings. The van der Waals surface area contributed by atoms with Crippen LogP contribution < -0.4 is 15.0 Å². The maximum absolute atomic E-state index is 12.5. The van der Waals surface area contributed by atoms with Gasteiger partial charge in [-0.25, -0.2) is 0 Å². The van der Waals surface area contributed by atoms with Crippen LogP contribution in [0.5, 0.6) is 5.75 Å². The number of anilines is 2. The minimum atomic E-state index is -0.599. The smallest absolute Gasteiger partial charge is 0.270 e.